The summed E-state index contributed by atoms with van der Waals surface area (Å²) in [6, 6.07) is 0.448. The molecule has 1 aliphatic carbocycles. The Morgan fingerprint density at radius 3 is 2.71 bits per heavy atom. The van der Waals surface area contributed by atoms with Crippen LogP contribution >= 0.6 is 0 Å². The fourth-order valence-corrected chi connectivity index (χ4v) is 3.24. The summed E-state index contributed by atoms with van der Waals surface area (Å²) in [5.74, 6) is 0.770. The van der Waals surface area contributed by atoms with Gasteiger partial charge in [-0.05, 0) is 26.7 Å². The average Bonchev–Trinajstić information content (AvgIpc) is 3.22. The summed E-state index contributed by atoms with van der Waals surface area (Å²) in [5, 5.41) is 8.36. The van der Waals surface area contributed by atoms with Gasteiger partial charge in [0.25, 0.3) is 5.91 Å². The first-order chi connectivity index (χ1) is 11.6. The molecule has 1 aliphatic rings. The number of aryl methyl sites for hydroxylation is 1. The van der Waals surface area contributed by atoms with E-state index in [2.05, 4.69) is 15.3 Å². The van der Waals surface area contributed by atoms with Crippen LogP contribution in [0.5, 0.6) is 0 Å². The zero-order chi connectivity index (χ0) is 17.1. The molecule has 0 radical (unpaired) electrons. The van der Waals surface area contributed by atoms with Crippen LogP contribution in [-0.4, -0.2) is 41.4 Å². The van der Waals surface area contributed by atoms with E-state index in [4.69, 9.17) is 0 Å². The molecule has 1 amide bonds. The van der Waals surface area contributed by atoms with Gasteiger partial charge in [0.2, 0.25) is 0 Å². The lowest BCUT2D eigenvalue weighted by molar-refractivity contribution is 0.0677. The number of hydrogen-bond acceptors (Lipinski definition) is 4. The highest BCUT2D eigenvalue weighted by atomic mass is 16.2. The Balaban J connectivity index is 1.75. The van der Waals surface area contributed by atoms with Crippen LogP contribution in [0.1, 0.15) is 68.3 Å². The monoisotopic (exact) mass is 330 g/mol. The molecule has 0 bridgehead atoms. The highest BCUT2D eigenvalue weighted by Gasteiger charge is 2.25. The zero-order valence-electron chi connectivity index (χ0n) is 14.7. The normalized spacial score (nSPS) is 15.8. The van der Waals surface area contributed by atoms with Gasteiger partial charge in [-0.1, -0.05) is 24.5 Å². The van der Waals surface area contributed by atoms with Gasteiger partial charge in [-0.25, -0.2) is 9.67 Å². The highest BCUT2D eigenvalue weighted by Crippen LogP contribution is 2.27. The van der Waals surface area contributed by atoms with Gasteiger partial charge in [0.1, 0.15) is 5.82 Å². The molecule has 7 heteroatoms. The third-order valence-electron chi connectivity index (χ3n) is 4.80. The van der Waals surface area contributed by atoms with Crippen molar-refractivity contribution in [1.82, 2.24) is 29.4 Å². The molecule has 2 aromatic heterocycles. The number of amides is 1. The maximum absolute atomic E-state index is 12.9. The van der Waals surface area contributed by atoms with Gasteiger partial charge < -0.3 is 9.47 Å². The van der Waals surface area contributed by atoms with Crippen LogP contribution < -0.4 is 0 Å². The van der Waals surface area contributed by atoms with E-state index >= 15 is 0 Å². The Morgan fingerprint density at radius 2 is 2.08 bits per heavy atom. The molecule has 0 atom stereocenters. The quantitative estimate of drug-likeness (QED) is 0.845. The van der Waals surface area contributed by atoms with E-state index in [1.807, 2.05) is 42.5 Å². The molecule has 7 nitrogen and oxygen atoms in total. The summed E-state index contributed by atoms with van der Waals surface area (Å²) >= 11 is 0. The van der Waals surface area contributed by atoms with Crippen molar-refractivity contribution in [3.8, 4) is 0 Å². The van der Waals surface area contributed by atoms with Gasteiger partial charge in [0.05, 0.1) is 18.8 Å². The van der Waals surface area contributed by atoms with E-state index in [0.29, 0.717) is 18.3 Å². The molecule has 2 aromatic rings. The first-order valence-electron chi connectivity index (χ1n) is 8.75. The second-order valence-electron chi connectivity index (χ2n) is 6.86. The Labute approximate surface area is 142 Å². The van der Waals surface area contributed by atoms with Gasteiger partial charge >= 0.3 is 0 Å². The summed E-state index contributed by atoms with van der Waals surface area (Å²) in [7, 11) is 1.94. The minimum Gasteiger partial charge on any atom is -0.337 e. The van der Waals surface area contributed by atoms with Gasteiger partial charge in [0, 0.05) is 25.5 Å². The van der Waals surface area contributed by atoms with Crippen molar-refractivity contribution in [3.05, 3.63) is 30.1 Å². The number of carbonyl (C=O) groups is 1. The molecule has 0 aliphatic heterocycles. The van der Waals surface area contributed by atoms with Crippen molar-refractivity contribution in [2.24, 2.45) is 7.05 Å². The predicted octanol–water partition coefficient (Wildman–Crippen LogP) is 2.57. The van der Waals surface area contributed by atoms with Crippen LogP contribution in [0.4, 0.5) is 0 Å². The van der Waals surface area contributed by atoms with Crippen molar-refractivity contribution < 1.29 is 4.79 Å². The molecule has 0 aromatic carbocycles. The van der Waals surface area contributed by atoms with Crippen molar-refractivity contribution in [2.45, 2.75) is 64.6 Å². The fourth-order valence-electron chi connectivity index (χ4n) is 3.24. The average molecular weight is 330 g/mol. The second-order valence-corrected chi connectivity index (χ2v) is 6.86. The first-order valence-corrected chi connectivity index (χ1v) is 8.75. The molecule has 0 saturated heterocycles. The molecular formula is C17H26N6O. The Bertz CT molecular complexity index is 683. The van der Waals surface area contributed by atoms with E-state index in [1.165, 1.54) is 19.3 Å². The molecular weight excluding hydrogens is 304 g/mol. The van der Waals surface area contributed by atoms with Gasteiger partial charge in [-0.3, -0.25) is 4.79 Å². The maximum Gasteiger partial charge on any atom is 0.276 e. The summed E-state index contributed by atoms with van der Waals surface area (Å²) in [4.78, 5) is 19.0. The Morgan fingerprint density at radius 1 is 1.33 bits per heavy atom. The maximum atomic E-state index is 12.9. The van der Waals surface area contributed by atoms with Gasteiger partial charge in [-0.15, -0.1) is 5.10 Å². The van der Waals surface area contributed by atoms with Gasteiger partial charge in [0.15, 0.2) is 5.69 Å². The van der Waals surface area contributed by atoms with Crippen molar-refractivity contribution in [3.63, 3.8) is 0 Å². The molecule has 2 heterocycles. The van der Waals surface area contributed by atoms with Crippen molar-refractivity contribution >= 4 is 5.91 Å². The topological polar surface area (TPSA) is 68.8 Å². The van der Waals surface area contributed by atoms with Gasteiger partial charge in [-0.2, -0.15) is 0 Å². The summed E-state index contributed by atoms with van der Waals surface area (Å²) in [6.45, 7) is 4.48. The lowest BCUT2D eigenvalue weighted by Gasteiger charge is -2.25. The summed E-state index contributed by atoms with van der Waals surface area (Å²) in [5.41, 5.74) is 0.420. The van der Waals surface area contributed by atoms with Crippen LogP contribution in [0.3, 0.4) is 0 Å². The Hall–Kier alpha value is -2.18. The number of imidazole rings is 1. The third kappa shape index (κ3) is 3.49. The molecule has 3 rings (SSSR count). The predicted molar refractivity (Wildman–Crippen MR) is 90.4 cm³/mol. The summed E-state index contributed by atoms with van der Waals surface area (Å²) in [6.07, 6.45) is 11.4. The lowest BCUT2D eigenvalue weighted by atomic mass is 9.96. The number of aromatic nitrogens is 5. The first kappa shape index (κ1) is 16.7. The molecule has 0 N–H and O–H groups in total. The van der Waals surface area contributed by atoms with E-state index in [1.54, 1.807) is 11.1 Å². The van der Waals surface area contributed by atoms with E-state index in [-0.39, 0.29) is 11.9 Å². The highest BCUT2D eigenvalue weighted by molar-refractivity contribution is 5.92. The van der Waals surface area contributed by atoms with E-state index < -0.39 is 0 Å². The van der Waals surface area contributed by atoms with Crippen LogP contribution in [-0.2, 0) is 13.6 Å². The fraction of sp³-hybridized carbons (Fsp3) is 0.647. The van der Waals surface area contributed by atoms with Crippen LogP contribution in [0.2, 0.25) is 0 Å². The number of rotatable bonds is 5. The number of carbonyl (C=O) groups excluding carboxylic acids is 1. The zero-order valence-corrected chi connectivity index (χ0v) is 14.7. The minimum absolute atomic E-state index is 0.0639. The Kier molecular flexibility index (Phi) is 4.97. The molecule has 130 valence electrons. The van der Waals surface area contributed by atoms with Crippen LogP contribution in [0.25, 0.3) is 0 Å². The number of nitrogens with zero attached hydrogens (tertiary/aromatic N) is 6. The van der Waals surface area contributed by atoms with E-state index in [0.717, 1.165) is 18.7 Å². The smallest absolute Gasteiger partial charge is 0.276 e. The third-order valence-corrected chi connectivity index (χ3v) is 4.80. The second kappa shape index (κ2) is 7.15. The number of hydrogen-bond donors (Lipinski definition) is 0. The molecule has 1 fully saturated rings. The lowest BCUT2D eigenvalue weighted by Crippen LogP contribution is -2.37. The van der Waals surface area contributed by atoms with Crippen LogP contribution in [0.15, 0.2) is 18.6 Å². The largest absolute Gasteiger partial charge is 0.337 e. The standard InChI is InChI=1S/C17H26N6O/c1-13(2)22(12-16-18-9-10-21(16)3)17(24)15-11-23(20-19-15)14-7-5-4-6-8-14/h9-11,13-14H,4-8,12H2,1-3H3. The minimum atomic E-state index is -0.0879. The van der Waals surface area contributed by atoms with Crippen LogP contribution in [0, 0.1) is 0 Å². The molecule has 0 spiro atoms. The molecule has 24 heavy (non-hydrogen) atoms. The SMILES string of the molecule is CC(C)N(Cc1nccn1C)C(=O)c1cn(C2CCCCC2)nn1. The van der Waals surface area contributed by atoms with Crippen molar-refractivity contribution in [2.75, 3.05) is 0 Å². The summed E-state index contributed by atoms with van der Waals surface area (Å²) < 4.78 is 3.81. The molecule has 1 saturated carbocycles. The van der Waals surface area contributed by atoms with E-state index in [9.17, 15) is 4.79 Å². The molecule has 0 unspecified atom stereocenters. The van der Waals surface area contributed by atoms with Crippen molar-refractivity contribution in [1.29, 1.82) is 0 Å².